The lowest BCUT2D eigenvalue weighted by Crippen LogP contribution is -2.41. The monoisotopic (exact) mass is 655 g/mol. The molecule has 0 aromatic heterocycles. The van der Waals surface area contributed by atoms with Gasteiger partial charge in [-0.25, -0.2) is 4.39 Å². The molecule has 4 aromatic carbocycles. The maximum Gasteiger partial charge on any atom is 0.262 e. The summed E-state index contributed by atoms with van der Waals surface area (Å²) in [4.78, 5) is 14.0. The second-order valence-corrected chi connectivity index (χ2v) is 12.7. The number of likely N-dealkylation sites (tertiary alicyclic amines) is 1. The predicted octanol–water partition coefficient (Wildman–Crippen LogP) is 5.41. The molecule has 4 aromatic rings. The molecule has 2 aliphatic heterocycles. The summed E-state index contributed by atoms with van der Waals surface area (Å²) in [5.74, 6) is -0.272. The lowest BCUT2D eigenvalue weighted by Gasteiger charge is -2.42. The van der Waals surface area contributed by atoms with Gasteiger partial charge in [0.1, 0.15) is 17.2 Å². The van der Waals surface area contributed by atoms with Gasteiger partial charge in [0.05, 0.1) is 12.7 Å². The van der Waals surface area contributed by atoms with E-state index in [9.17, 15) is 24.5 Å². The smallest absolute Gasteiger partial charge is 0.262 e. The Hall–Kier alpha value is -4.64. The molecule has 2 aliphatic rings. The molecule has 0 unspecified atom stereocenters. The maximum absolute atomic E-state index is 14.9. The van der Waals surface area contributed by atoms with E-state index in [-0.39, 0.29) is 47.4 Å². The summed E-state index contributed by atoms with van der Waals surface area (Å²) < 4.78 is 26.2. The number of anilines is 1. The number of aromatic hydroxyl groups is 2. The lowest BCUT2D eigenvalue weighted by atomic mass is 9.67. The molecule has 10 heteroatoms. The second kappa shape index (κ2) is 14.6. The Kier molecular flexibility index (Phi) is 10.1. The van der Waals surface area contributed by atoms with Gasteiger partial charge in [-0.3, -0.25) is 4.79 Å². The number of benzene rings is 4. The SMILES string of the molecule is CN1CCC(c2ccccc2)(c2cc(CCCOc3ccc(CNC[C@H](O)c4ccc(O)c5c4OCC(=O)N5)cc3F)ccc2O)CC1. The molecule has 48 heavy (non-hydrogen) atoms. The van der Waals surface area contributed by atoms with Crippen molar-refractivity contribution in [3.05, 3.63) is 112 Å². The van der Waals surface area contributed by atoms with Gasteiger partial charge in [-0.2, -0.15) is 0 Å². The number of carbonyl (C=O) groups excluding carboxylic acids is 1. The number of aryl methyl sites for hydroxylation is 1. The highest BCUT2D eigenvalue weighted by Crippen LogP contribution is 2.45. The van der Waals surface area contributed by atoms with Crippen molar-refractivity contribution in [3.63, 3.8) is 0 Å². The van der Waals surface area contributed by atoms with E-state index in [0.717, 1.165) is 43.5 Å². The number of phenols is 2. The number of carbonyl (C=O) groups is 1. The van der Waals surface area contributed by atoms with E-state index in [1.165, 1.54) is 17.7 Å². The van der Waals surface area contributed by atoms with Crippen LogP contribution in [0.4, 0.5) is 10.1 Å². The third-order valence-corrected chi connectivity index (χ3v) is 9.41. The third kappa shape index (κ3) is 7.26. The minimum atomic E-state index is -0.986. The van der Waals surface area contributed by atoms with Crippen LogP contribution in [0.25, 0.3) is 0 Å². The van der Waals surface area contributed by atoms with Crippen molar-refractivity contribution < 1.29 is 34.0 Å². The van der Waals surface area contributed by atoms with Gasteiger partial charge in [0.25, 0.3) is 5.91 Å². The molecule has 0 saturated carbocycles. The molecule has 0 bridgehead atoms. The van der Waals surface area contributed by atoms with E-state index in [1.807, 2.05) is 12.1 Å². The second-order valence-electron chi connectivity index (χ2n) is 12.7. The molecular weight excluding hydrogens is 613 g/mol. The van der Waals surface area contributed by atoms with Crippen LogP contribution in [0.1, 0.15) is 53.2 Å². The fourth-order valence-corrected chi connectivity index (χ4v) is 6.73. The number of aliphatic hydroxyl groups is 1. The molecule has 0 radical (unpaired) electrons. The number of halogens is 1. The van der Waals surface area contributed by atoms with Crippen molar-refractivity contribution in [2.24, 2.45) is 0 Å². The van der Waals surface area contributed by atoms with Gasteiger partial charge in [-0.05, 0) is 92.8 Å². The number of amides is 1. The molecule has 1 atom stereocenters. The summed E-state index contributed by atoms with van der Waals surface area (Å²) in [5, 5.41) is 37.5. The van der Waals surface area contributed by atoms with Gasteiger partial charge in [0, 0.05) is 29.6 Å². The summed E-state index contributed by atoms with van der Waals surface area (Å²) in [6.07, 6.45) is 2.27. The molecule has 0 spiro atoms. The Morgan fingerprint density at radius 3 is 2.52 bits per heavy atom. The molecule has 5 N–H and O–H groups in total. The van der Waals surface area contributed by atoms with E-state index in [4.69, 9.17) is 9.47 Å². The van der Waals surface area contributed by atoms with Crippen LogP contribution in [0.2, 0.25) is 0 Å². The summed E-state index contributed by atoms with van der Waals surface area (Å²) in [5.41, 5.74) is 4.28. The normalized spacial score (nSPS) is 16.4. The number of aliphatic hydroxyl groups excluding tert-OH is 1. The summed E-state index contributed by atoms with van der Waals surface area (Å²) in [7, 11) is 2.14. The minimum Gasteiger partial charge on any atom is -0.508 e. The van der Waals surface area contributed by atoms with Crippen LogP contribution in [0.3, 0.4) is 0 Å². The van der Waals surface area contributed by atoms with Crippen molar-refractivity contribution in [1.82, 2.24) is 10.2 Å². The van der Waals surface area contributed by atoms with Crippen LogP contribution < -0.4 is 20.1 Å². The first kappa shape index (κ1) is 33.3. The number of piperidine rings is 1. The highest BCUT2D eigenvalue weighted by atomic mass is 19.1. The first-order chi connectivity index (χ1) is 23.2. The number of hydrogen-bond acceptors (Lipinski definition) is 8. The van der Waals surface area contributed by atoms with E-state index in [2.05, 4.69) is 52.9 Å². The summed E-state index contributed by atoms with van der Waals surface area (Å²) in [6, 6.07) is 24.1. The Balaban J connectivity index is 1.01. The lowest BCUT2D eigenvalue weighted by molar-refractivity contribution is -0.118. The van der Waals surface area contributed by atoms with Crippen LogP contribution >= 0.6 is 0 Å². The largest absolute Gasteiger partial charge is 0.508 e. The molecule has 9 nitrogen and oxygen atoms in total. The molecule has 1 amide bonds. The Labute approximate surface area is 279 Å². The van der Waals surface area contributed by atoms with Crippen molar-refractivity contribution in [2.45, 2.75) is 43.7 Å². The zero-order chi connectivity index (χ0) is 33.7. The number of nitrogens with one attached hydrogen (secondary N) is 2. The van der Waals surface area contributed by atoms with Crippen molar-refractivity contribution in [2.75, 3.05) is 45.2 Å². The number of rotatable bonds is 12. The zero-order valence-corrected chi connectivity index (χ0v) is 27.0. The molecule has 1 saturated heterocycles. The fourth-order valence-electron chi connectivity index (χ4n) is 6.73. The quantitative estimate of drug-likeness (QED) is 0.101. The van der Waals surface area contributed by atoms with Crippen LogP contribution in [0, 0.1) is 5.82 Å². The number of nitrogens with zero attached hydrogens (tertiary/aromatic N) is 1. The first-order valence-corrected chi connectivity index (χ1v) is 16.4. The van der Waals surface area contributed by atoms with E-state index in [1.54, 1.807) is 24.3 Å². The fraction of sp³-hybridized carbons (Fsp3) is 0.342. The van der Waals surface area contributed by atoms with Crippen LogP contribution in [0.5, 0.6) is 23.0 Å². The molecule has 252 valence electrons. The average Bonchev–Trinajstić information content (AvgIpc) is 3.09. The van der Waals surface area contributed by atoms with Crippen LogP contribution in [-0.2, 0) is 23.2 Å². The van der Waals surface area contributed by atoms with E-state index >= 15 is 0 Å². The summed E-state index contributed by atoms with van der Waals surface area (Å²) in [6.45, 7) is 2.47. The molecule has 1 fully saturated rings. The summed E-state index contributed by atoms with van der Waals surface area (Å²) >= 11 is 0. The van der Waals surface area contributed by atoms with Crippen LogP contribution in [0.15, 0.2) is 78.9 Å². The van der Waals surface area contributed by atoms with Gasteiger partial charge in [0.15, 0.2) is 23.9 Å². The van der Waals surface area contributed by atoms with Gasteiger partial charge in [-0.15, -0.1) is 0 Å². The average molecular weight is 656 g/mol. The van der Waals surface area contributed by atoms with E-state index < -0.39 is 11.9 Å². The maximum atomic E-state index is 14.9. The predicted molar refractivity (Wildman–Crippen MR) is 181 cm³/mol. The van der Waals surface area contributed by atoms with Gasteiger partial charge < -0.3 is 40.3 Å². The van der Waals surface area contributed by atoms with Crippen LogP contribution in [-0.4, -0.2) is 66.0 Å². The number of hydrogen-bond donors (Lipinski definition) is 5. The van der Waals surface area contributed by atoms with Crippen molar-refractivity contribution in [1.29, 1.82) is 0 Å². The van der Waals surface area contributed by atoms with Gasteiger partial charge in [0.2, 0.25) is 0 Å². The zero-order valence-electron chi connectivity index (χ0n) is 27.0. The Morgan fingerprint density at radius 2 is 1.75 bits per heavy atom. The van der Waals surface area contributed by atoms with Crippen molar-refractivity contribution in [3.8, 4) is 23.0 Å². The van der Waals surface area contributed by atoms with Gasteiger partial charge in [-0.1, -0.05) is 48.5 Å². The first-order valence-electron chi connectivity index (χ1n) is 16.4. The highest BCUT2D eigenvalue weighted by molar-refractivity contribution is 5.97. The topological polar surface area (TPSA) is 124 Å². The number of phenolic OH excluding ortho intramolecular Hbond substituents is 2. The number of ether oxygens (including phenoxy) is 2. The minimum absolute atomic E-state index is 0.136. The molecular formula is C38H42FN3O6. The Bertz CT molecular complexity index is 1740. The van der Waals surface area contributed by atoms with E-state index in [0.29, 0.717) is 36.4 Å². The standard InChI is InChI=1S/C38H42FN3O6/c1-42-17-15-38(16-18-42,27-7-3-2-4-8-27)29-20-25(9-12-31(29)43)6-5-19-47-34-14-10-26(21-30(34)39)22-40-23-33(45)28-11-13-32(44)36-37(28)48-24-35(46)41-36/h2-4,7-14,20-21,33,40,43-45H,5-6,15-19,22-24H2,1H3,(H,41,46)/t33-/m0/s1. The van der Waals surface area contributed by atoms with Crippen molar-refractivity contribution >= 4 is 11.6 Å². The van der Waals surface area contributed by atoms with Gasteiger partial charge >= 0.3 is 0 Å². The Morgan fingerprint density at radius 1 is 1.00 bits per heavy atom. The number of fused-ring (bicyclic) bond motifs is 1. The molecule has 0 aliphatic carbocycles. The highest BCUT2D eigenvalue weighted by Gasteiger charge is 2.39. The molecule has 6 rings (SSSR count). The third-order valence-electron chi connectivity index (χ3n) is 9.41. The molecule has 2 heterocycles.